The molecule has 0 amide bonds. The highest BCUT2D eigenvalue weighted by Crippen LogP contribution is 2.29. The van der Waals surface area contributed by atoms with Crippen LogP contribution in [-0.2, 0) is 0 Å². The van der Waals surface area contributed by atoms with E-state index < -0.39 is 0 Å². The molecule has 0 spiro atoms. The Balaban J connectivity index is 2.64. The van der Waals surface area contributed by atoms with Crippen LogP contribution in [0.1, 0.15) is 31.7 Å². The maximum Gasteiger partial charge on any atom is 0.0441 e. The Labute approximate surface area is 102 Å². The Kier molecular flexibility index (Phi) is 5.44. The molecule has 1 nitrogen and oxygen atoms in total. The van der Waals surface area contributed by atoms with Crippen molar-refractivity contribution in [1.29, 1.82) is 0 Å². The summed E-state index contributed by atoms with van der Waals surface area (Å²) in [6.07, 6.45) is 1.08. The van der Waals surface area contributed by atoms with Crippen molar-refractivity contribution in [3.63, 3.8) is 0 Å². The van der Waals surface area contributed by atoms with Crippen LogP contribution >= 0.6 is 23.2 Å². The molecular formula is C12H17Cl2N. The van der Waals surface area contributed by atoms with Crippen LogP contribution in [-0.4, -0.2) is 13.1 Å². The zero-order valence-corrected chi connectivity index (χ0v) is 10.7. The van der Waals surface area contributed by atoms with Gasteiger partial charge < -0.3 is 5.32 Å². The largest absolute Gasteiger partial charge is 0.317 e. The van der Waals surface area contributed by atoms with Crippen LogP contribution in [0.5, 0.6) is 0 Å². The van der Waals surface area contributed by atoms with Crippen molar-refractivity contribution >= 4 is 23.2 Å². The molecule has 1 N–H and O–H groups in total. The van der Waals surface area contributed by atoms with E-state index in [1.807, 2.05) is 18.2 Å². The number of hydrogen-bond acceptors (Lipinski definition) is 1. The third kappa shape index (κ3) is 4.02. The first-order valence-corrected chi connectivity index (χ1v) is 6.06. The summed E-state index contributed by atoms with van der Waals surface area (Å²) in [7, 11) is 0. The molecule has 1 aromatic rings. The Morgan fingerprint density at radius 3 is 2.73 bits per heavy atom. The molecule has 0 fully saturated rings. The van der Waals surface area contributed by atoms with Gasteiger partial charge in [0.1, 0.15) is 0 Å². The van der Waals surface area contributed by atoms with Crippen molar-refractivity contribution in [2.24, 2.45) is 0 Å². The summed E-state index contributed by atoms with van der Waals surface area (Å²) in [4.78, 5) is 0. The molecule has 0 saturated carbocycles. The van der Waals surface area contributed by atoms with Gasteiger partial charge in [-0.3, -0.25) is 0 Å². The maximum atomic E-state index is 6.12. The molecule has 1 aromatic carbocycles. The second-order valence-corrected chi connectivity index (χ2v) is 4.55. The number of nitrogens with one attached hydrogen (secondary N) is 1. The molecule has 0 aliphatic carbocycles. The second kappa shape index (κ2) is 6.37. The van der Waals surface area contributed by atoms with Crippen molar-refractivity contribution in [3.8, 4) is 0 Å². The minimum atomic E-state index is 0.440. The predicted octanol–water partition coefficient (Wildman–Crippen LogP) is 4.10. The normalized spacial score (nSPS) is 12.8. The molecule has 0 saturated heterocycles. The van der Waals surface area contributed by atoms with Crippen LogP contribution in [0.4, 0.5) is 0 Å². The second-order valence-electron chi connectivity index (χ2n) is 3.71. The summed E-state index contributed by atoms with van der Waals surface area (Å²) < 4.78 is 0. The minimum absolute atomic E-state index is 0.440. The maximum absolute atomic E-state index is 6.12. The number of benzene rings is 1. The molecule has 0 aliphatic rings. The standard InChI is InChI=1S/C12H17Cl2N/c1-3-15-7-6-9(2)11-8-10(13)4-5-12(11)14/h4-5,8-9,15H,3,6-7H2,1-2H3. The zero-order chi connectivity index (χ0) is 11.3. The third-order valence-electron chi connectivity index (χ3n) is 2.49. The van der Waals surface area contributed by atoms with Crippen LogP contribution in [0.25, 0.3) is 0 Å². The van der Waals surface area contributed by atoms with Crippen LogP contribution < -0.4 is 5.32 Å². The molecule has 0 heterocycles. The lowest BCUT2D eigenvalue weighted by molar-refractivity contribution is 0.609. The average molecular weight is 246 g/mol. The van der Waals surface area contributed by atoms with E-state index in [9.17, 15) is 0 Å². The lowest BCUT2D eigenvalue weighted by Crippen LogP contribution is -2.16. The first kappa shape index (κ1) is 12.8. The monoisotopic (exact) mass is 245 g/mol. The van der Waals surface area contributed by atoms with Gasteiger partial charge in [-0.1, -0.05) is 37.0 Å². The lowest BCUT2D eigenvalue weighted by Gasteiger charge is -2.14. The highest BCUT2D eigenvalue weighted by atomic mass is 35.5. The van der Waals surface area contributed by atoms with Gasteiger partial charge >= 0.3 is 0 Å². The predicted molar refractivity (Wildman–Crippen MR) is 68.0 cm³/mol. The van der Waals surface area contributed by atoms with Gasteiger partial charge in [-0.05, 0) is 49.2 Å². The molecule has 0 bridgehead atoms. The fourth-order valence-corrected chi connectivity index (χ4v) is 2.03. The molecule has 1 unspecified atom stereocenters. The SMILES string of the molecule is CCNCCC(C)c1cc(Cl)ccc1Cl. The molecule has 0 aliphatic heterocycles. The fourth-order valence-electron chi connectivity index (χ4n) is 1.54. The van der Waals surface area contributed by atoms with E-state index in [1.54, 1.807) is 0 Å². The summed E-state index contributed by atoms with van der Waals surface area (Å²) >= 11 is 12.1. The number of halogens is 2. The Morgan fingerprint density at radius 2 is 2.07 bits per heavy atom. The van der Waals surface area contributed by atoms with Crippen molar-refractivity contribution in [2.45, 2.75) is 26.2 Å². The van der Waals surface area contributed by atoms with Gasteiger partial charge in [0.05, 0.1) is 0 Å². The summed E-state index contributed by atoms with van der Waals surface area (Å²) in [6.45, 7) is 6.31. The van der Waals surface area contributed by atoms with Crippen molar-refractivity contribution < 1.29 is 0 Å². The first-order chi connectivity index (χ1) is 7.15. The van der Waals surface area contributed by atoms with Gasteiger partial charge in [-0.15, -0.1) is 0 Å². The van der Waals surface area contributed by atoms with Crippen LogP contribution in [0, 0.1) is 0 Å². The summed E-state index contributed by atoms with van der Waals surface area (Å²) in [5, 5.41) is 4.87. The van der Waals surface area contributed by atoms with Crippen molar-refractivity contribution in [2.75, 3.05) is 13.1 Å². The summed E-state index contributed by atoms with van der Waals surface area (Å²) in [6, 6.07) is 5.65. The Morgan fingerprint density at radius 1 is 1.33 bits per heavy atom. The van der Waals surface area contributed by atoms with E-state index in [4.69, 9.17) is 23.2 Å². The Bertz CT molecular complexity index is 312. The molecule has 15 heavy (non-hydrogen) atoms. The van der Waals surface area contributed by atoms with E-state index in [2.05, 4.69) is 19.2 Å². The smallest absolute Gasteiger partial charge is 0.0441 e. The summed E-state index contributed by atoms with van der Waals surface area (Å²) in [5.74, 6) is 0.440. The van der Waals surface area contributed by atoms with Gasteiger partial charge in [-0.2, -0.15) is 0 Å². The molecule has 0 radical (unpaired) electrons. The van der Waals surface area contributed by atoms with Crippen LogP contribution in [0.2, 0.25) is 10.0 Å². The first-order valence-electron chi connectivity index (χ1n) is 5.30. The van der Waals surface area contributed by atoms with Gasteiger partial charge in [0.2, 0.25) is 0 Å². The lowest BCUT2D eigenvalue weighted by atomic mass is 9.98. The minimum Gasteiger partial charge on any atom is -0.317 e. The highest BCUT2D eigenvalue weighted by molar-refractivity contribution is 6.33. The molecule has 1 rings (SSSR count). The van der Waals surface area contributed by atoms with Crippen molar-refractivity contribution in [1.82, 2.24) is 5.32 Å². The van der Waals surface area contributed by atoms with E-state index >= 15 is 0 Å². The molecule has 1 atom stereocenters. The topological polar surface area (TPSA) is 12.0 Å². The average Bonchev–Trinajstić information content (AvgIpc) is 2.22. The van der Waals surface area contributed by atoms with Gasteiger partial charge in [-0.25, -0.2) is 0 Å². The molecule has 3 heteroatoms. The van der Waals surface area contributed by atoms with Gasteiger partial charge in [0.25, 0.3) is 0 Å². The quantitative estimate of drug-likeness (QED) is 0.771. The van der Waals surface area contributed by atoms with E-state index in [0.29, 0.717) is 5.92 Å². The Hall–Kier alpha value is -0.240. The molecule has 84 valence electrons. The zero-order valence-electron chi connectivity index (χ0n) is 9.19. The van der Waals surface area contributed by atoms with Crippen LogP contribution in [0.3, 0.4) is 0 Å². The third-order valence-corrected chi connectivity index (χ3v) is 3.07. The van der Waals surface area contributed by atoms with E-state index in [-0.39, 0.29) is 0 Å². The fraction of sp³-hybridized carbons (Fsp3) is 0.500. The molecule has 0 aromatic heterocycles. The highest BCUT2D eigenvalue weighted by Gasteiger charge is 2.09. The van der Waals surface area contributed by atoms with Crippen molar-refractivity contribution in [3.05, 3.63) is 33.8 Å². The summed E-state index contributed by atoms with van der Waals surface area (Å²) in [5.41, 5.74) is 1.14. The molecular weight excluding hydrogens is 229 g/mol. The number of hydrogen-bond donors (Lipinski definition) is 1. The van der Waals surface area contributed by atoms with Gasteiger partial charge in [0.15, 0.2) is 0 Å². The van der Waals surface area contributed by atoms with Gasteiger partial charge in [0, 0.05) is 10.0 Å². The number of rotatable bonds is 5. The van der Waals surface area contributed by atoms with E-state index in [1.165, 1.54) is 0 Å². The van der Waals surface area contributed by atoms with Crippen LogP contribution in [0.15, 0.2) is 18.2 Å². The van der Waals surface area contributed by atoms with E-state index in [0.717, 1.165) is 35.1 Å².